The first-order chi connectivity index (χ1) is 10.1. The highest BCUT2D eigenvalue weighted by Crippen LogP contribution is 2.25. The molecule has 1 amide bonds. The molecule has 0 fully saturated rings. The fourth-order valence-corrected chi connectivity index (χ4v) is 2.33. The van der Waals surface area contributed by atoms with Crippen LogP contribution >= 0.6 is 27.5 Å². The van der Waals surface area contributed by atoms with Crippen LogP contribution in [0.4, 0.5) is 5.69 Å². The molecule has 106 valence electrons. The van der Waals surface area contributed by atoms with Crippen molar-refractivity contribution in [3.8, 4) is 6.07 Å². The average molecular weight is 364 g/mol. The molecule has 0 aliphatic carbocycles. The van der Waals surface area contributed by atoms with E-state index in [1.807, 2.05) is 30.3 Å². The van der Waals surface area contributed by atoms with Crippen LogP contribution < -0.4 is 4.90 Å². The summed E-state index contributed by atoms with van der Waals surface area (Å²) in [5.41, 5.74) is 1.25. The molecule has 2 aromatic carbocycles. The summed E-state index contributed by atoms with van der Waals surface area (Å²) in [5, 5.41) is 9.26. The summed E-state index contributed by atoms with van der Waals surface area (Å²) in [6.45, 7) is 0.340. The lowest BCUT2D eigenvalue weighted by Crippen LogP contribution is -2.31. The second kappa shape index (κ2) is 7.26. The molecule has 0 saturated carbocycles. The van der Waals surface area contributed by atoms with E-state index < -0.39 is 0 Å². The van der Waals surface area contributed by atoms with Crippen LogP contribution in [-0.4, -0.2) is 12.5 Å². The Morgan fingerprint density at radius 3 is 2.57 bits per heavy atom. The minimum atomic E-state index is -0.175. The van der Waals surface area contributed by atoms with Gasteiger partial charge in [0.1, 0.15) is 0 Å². The molecule has 0 heterocycles. The molecule has 0 aliphatic rings. The highest BCUT2D eigenvalue weighted by molar-refractivity contribution is 9.10. The summed E-state index contributed by atoms with van der Waals surface area (Å²) in [5.74, 6) is -0.175. The molecule has 0 aromatic heterocycles. The first kappa shape index (κ1) is 15.6. The maximum atomic E-state index is 12.7. The maximum absolute atomic E-state index is 12.7. The lowest BCUT2D eigenvalue weighted by Gasteiger charge is -2.22. The topological polar surface area (TPSA) is 44.1 Å². The number of hydrogen-bond acceptors (Lipinski definition) is 2. The molecule has 2 aromatic rings. The van der Waals surface area contributed by atoms with Crippen molar-refractivity contribution in [1.82, 2.24) is 0 Å². The summed E-state index contributed by atoms with van der Waals surface area (Å²) in [6, 6.07) is 16.4. The third-order valence-corrected chi connectivity index (χ3v) is 4.16. The number of hydrogen-bond donors (Lipinski definition) is 0. The first-order valence-corrected chi connectivity index (χ1v) is 7.49. The summed E-state index contributed by atoms with van der Waals surface area (Å²) in [7, 11) is 0. The number of nitriles is 1. The van der Waals surface area contributed by atoms with E-state index in [4.69, 9.17) is 16.9 Å². The van der Waals surface area contributed by atoms with Crippen molar-refractivity contribution >= 4 is 39.1 Å². The van der Waals surface area contributed by atoms with E-state index in [9.17, 15) is 4.79 Å². The highest BCUT2D eigenvalue weighted by atomic mass is 79.9. The quantitative estimate of drug-likeness (QED) is 0.792. The molecule has 0 atom stereocenters. The maximum Gasteiger partial charge on any atom is 0.258 e. The van der Waals surface area contributed by atoms with Crippen LogP contribution in [0.5, 0.6) is 0 Å². The van der Waals surface area contributed by atoms with Crippen molar-refractivity contribution in [2.24, 2.45) is 0 Å². The Kier molecular flexibility index (Phi) is 5.38. The van der Waals surface area contributed by atoms with Crippen molar-refractivity contribution in [3.05, 3.63) is 63.6 Å². The number of anilines is 1. The fraction of sp³-hybridized carbons (Fsp3) is 0.125. The minimum absolute atomic E-state index is 0.175. The van der Waals surface area contributed by atoms with Gasteiger partial charge in [0.05, 0.1) is 17.5 Å². The van der Waals surface area contributed by atoms with E-state index in [0.29, 0.717) is 17.1 Å². The van der Waals surface area contributed by atoms with Crippen LogP contribution in [0.2, 0.25) is 5.02 Å². The molecule has 5 heteroatoms. The average Bonchev–Trinajstić information content (AvgIpc) is 2.51. The standard InChI is InChI=1S/C16H12BrClN2O/c17-14-8-7-12(11-15(14)18)16(21)20(10-4-9-19)13-5-2-1-3-6-13/h1-3,5-8,11H,4,10H2. The number of carbonyl (C=O) groups excluding carboxylic acids is 1. The largest absolute Gasteiger partial charge is 0.307 e. The molecule has 0 spiro atoms. The minimum Gasteiger partial charge on any atom is -0.307 e. The zero-order chi connectivity index (χ0) is 15.2. The lowest BCUT2D eigenvalue weighted by atomic mass is 10.1. The monoisotopic (exact) mass is 362 g/mol. The number of para-hydroxylation sites is 1. The van der Waals surface area contributed by atoms with Gasteiger partial charge in [0, 0.05) is 22.3 Å². The Hall–Kier alpha value is -1.83. The lowest BCUT2D eigenvalue weighted by molar-refractivity contribution is 0.0987. The smallest absolute Gasteiger partial charge is 0.258 e. The molecule has 0 N–H and O–H groups in total. The fourth-order valence-electron chi connectivity index (χ4n) is 1.90. The molecular formula is C16H12BrClN2O. The third kappa shape index (κ3) is 3.84. The van der Waals surface area contributed by atoms with Gasteiger partial charge in [-0.15, -0.1) is 0 Å². The Labute approximate surface area is 136 Å². The highest BCUT2D eigenvalue weighted by Gasteiger charge is 2.18. The van der Waals surface area contributed by atoms with Gasteiger partial charge in [0.15, 0.2) is 0 Å². The molecule has 2 rings (SSSR count). The number of halogens is 2. The van der Waals surface area contributed by atoms with Gasteiger partial charge in [0.2, 0.25) is 0 Å². The number of benzene rings is 2. The van der Waals surface area contributed by atoms with E-state index in [-0.39, 0.29) is 12.3 Å². The summed E-state index contributed by atoms with van der Waals surface area (Å²) in [6.07, 6.45) is 0.269. The van der Waals surface area contributed by atoms with Crippen LogP contribution in [0, 0.1) is 11.3 Å². The van der Waals surface area contributed by atoms with Gasteiger partial charge in [-0.05, 0) is 46.3 Å². The SMILES string of the molecule is N#CCCN(C(=O)c1ccc(Br)c(Cl)c1)c1ccccc1. The van der Waals surface area contributed by atoms with Crippen molar-refractivity contribution in [1.29, 1.82) is 5.26 Å². The van der Waals surface area contributed by atoms with Crippen LogP contribution in [0.15, 0.2) is 53.0 Å². The molecule has 3 nitrogen and oxygen atoms in total. The van der Waals surface area contributed by atoms with E-state index in [1.165, 1.54) is 0 Å². The number of carbonyl (C=O) groups is 1. The predicted molar refractivity (Wildman–Crippen MR) is 87.5 cm³/mol. The van der Waals surface area contributed by atoms with E-state index in [1.54, 1.807) is 23.1 Å². The zero-order valence-electron chi connectivity index (χ0n) is 11.1. The predicted octanol–water partition coefficient (Wildman–Crippen LogP) is 4.66. The van der Waals surface area contributed by atoms with Gasteiger partial charge in [-0.3, -0.25) is 4.79 Å². The number of nitrogens with zero attached hydrogens (tertiary/aromatic N) is 2. The van der Waals surface area contributed by atoms with E-state index in [0.717, 1.165) is 10.2 Å². The number of rotatable bonds is 4. The van der Waals surface area contributed by atoms with Gasteiger partial charge in [-0.2, -0.15) is 5.26 Å². The Bertz CT molecular complexity index is 682. The molecule has 0 saturated heterocycles. The van der Waals surface area contributed by atoms with E-state index >= 15 is 0 Å². The molecule has 0 unspecified atom stereocenters. The summed E-state index contributed by atoms with van der Waals surface area (Å²) < 4.78 is 0.740. The van der Waals surface area contributed by atoms with Crippen LogP contribution in [0.1, 0.15) is 16.8 Å². The van der Waals surface area contributed by atoms with E-state index in [2.05, 4.69) is 22.0 Å². The summed E-state index contributed by atoms with van der Waals surface area (Å²) in [4.78, 5) is 14.2. The zero-order valence-corrected chi connectivity index (χ0v) is 13.4. The number of amides is 1. The van der Waals surface area contributed by atoms with Crippen LogP contribution in [0.3, 0.4) is 0 Å². The summed E-state index contributed by atoms with van der Waals surface area (Å²) >= 11 is 9.35. The molecule has 0 aliphatic heterocycles. The normalized spacial score (nSPS) is 9.95. The van der Waals surface area contributed by atoms with Gasteiger partial charge in [0.25, 0.3) is 5.91 Å². The second-order valence-corrected chi connectivity index (χ2v) is 5.59. The third-order valence-electron chi connectivity index (χ3n) is 2.93. The van der Waals surface area contributed by atoms with Gasteiger partial charge in [-0.1, -0.05) is 29.8 Å². The first-order valence-electron chi connectivity index (χ1n) is 6.32. The van der Waals surface area contributed by atoms with Crippen molar-refractivity contribution in [2.45, 2.75) is 6.42 Å². The van der Waals surface area contributed by atoms with Crippen LogP contribution in [-0.2, 0) is 0 Å². The van der Waals surface area contributed by atoms with Gasteiger partial charge in [-0.25, -0.2) is 0 Å². The molecular weight excluding hydrogens is 352 g/mol. The van der Waals surface area contributed by atoms with Crippen molar-refractivity contribution < 1.29 is 4.79 Å². The van der Waals surface area contributed by atoms with Gasteiger partial charge >= 0.3 is 0 Å². The molecule has 0 radical (unpaired) electrons. The van der Waals surface area contributed by atoms with Crippen molar-refractivity contribution in [3.63, 3.8) is 0 Å². The van der Waals surface area contributed by atoms with Crippen molar-refractivity contribution in [2.75, 3.05) is 11.4 Å². The Balaban J connectivity index is 2.34. The Morgan fingerprint density at radius 1 is 1.24 bits per heavy atom. The van der Waals surface area contributed by atoms with Crippen LogP contribution in [0.25, 0.3) is 0 Å². The molecule has 21 heavy (non-hydrogen) atoms. The second-order valence-electron chi connectivity index (χ2n) is 4.33. The Morgan fingerprint density at radius 2 is 1.95 bits per heavy atom. The van der Waals surface area contributed by atoms with Gasteiger partial charge < -0.3 is 4.90 Å². The molecule has 0 bridgehead atoms.